The first-order chi connectivity index (χ1) is 9.26. The molecule has 4 nitrogen and oxygen atoms in total. The van der Waals surface area contributed by atoms with Crippen LogP contribution in [0.3, 0.4) is 0 Å². The summed E-state index contributed by atoms with van der Waals surface area (Å²) in [6, 6.07) is 3.97. The summed E-state index contributed by atoms with van der Waals surface area (Å²) in [7, 11) is 1.91. The van der Waals surface area contributed by atoms with Crippen molar-refractivity contribution in [1.29, 1.82) is 0 Å². The zero-order valence-electron chi connectivity index (χ0n) is 10.8. The smallest absolute Gasteiger partial charge is 0.127 e. The summed E-state index contributed by atoms with van der Waals surface area (Å²) in [4.78, 5) is 4.34. The Balaban J connectivity index is 1.86. The molecule has 1 aromatic carbocycles. The maximum Gasteiger partial charge on any atom is 0.127 e. The zero-order chi connectivity index (χ0) is 13.2. The molecular weight excluding hydrogens is 262 g/mol. The van der Waals surface area contributed by atoms with Gasteiger partial charge in [-0.3, -0.25) is 0 Å². The molecule has 0 saturated heterocycles. The molecule has 1 N–H and O–H groups in total. The molecule has 1 aliphatic rings. The third kappa shape index (κ3) is 2.60. The van der Waals surface area contributed by atoms with Crippen molar-refractivity contribution in [3.63, 3.8) is 0 Å². The quantitative estimate of drug-likeness (QED) is 0.932. The van der Waals surface area contributed by atoms with Crippen molar-refractivity contribution in [2.45, 2.75) is 19.5 Å². The summed E-state index contributed by atoms with van der Waals surface area (Å²) in [5.74, 6) is 0.994. The molecule has 0 radical (unpaired) electrons. The molecule has 0 aliphatic carbocycles. The predicted molar refractivity (Wildman–Crippen MR) is 74.7 cm³/mol. The van der Waals surface area contributed by atoms with Crippen LogP contribution in [-0.2, 0) is 19.5 Å². The van der Waals surface area contributed by atoms with Crippen molar-refractivity contribution < 1.29 is 4.74 Å². The highest BCUT2D eigenvalue weighted by Crippen LogP contribution is 2.33. The van der Waals surface area contributed by atoms with Gasteiger partial charge in [-0.15, -0.1) is 0 Å². The van der Waals surface area contributed by atoms with Gasteiger partial charge in [-0.1, -0.05) is 11.6 Å². The molecule has 0 unspecified atom stereocenters. The molecule has 0 spiro atoms. The van der Waals surface area contributed by atoms with E-state index in [4.69, 9.17) is 16.3 Å². The van der Waals surface area contributed by atoms with Crippen molar-refractivity contribution in [1.82, 2.24) is 14.9 Å². The lowest BCUT2D eigenvalue weighted by Crippen LogP contribution is -2.05. The van der Waals surface area contributed by atoms with Gasteiger partial charge in [0, 0.05) is 29.7 Å². The molecule has 19 heavy (non-hydrogen) atoms. The number of aromatic nitrogens is 2. The summed E-state index contributed by atoms with van der Waals surface area (Å²) < 4.78 is 7.76. The van der Waals surface area contributed by atoms with Crippen LogP contribution in [0.1, 0.15) is 16.8 Å². The SMILES string of the molecule is CNCc1cn(Cc2cc(Cl)cc3c2OCC3)cn1. The molecule has 5 heteroatoms. The van der Waals surface area contributed by atoms with Gasteiger partial charge in [-0.05, 0) is 24.7 Å². The van der Waals surface area contributed by atoms with Crippen LogP contribution in [0, 0.1) is 0 Å². The Morgan fingerprint density at radius 3 is 3.21 bits per heavy atom. The van der Waals surface area contributed by atoms with Gasteiger partial charge in [-0.25, -0.2) is 4.98 Å². The Morgan fingerprint density at radius 1 is 1.47 bits per heavy atom. The Morgan fingerprint density at radius 2 is 2.37 bits per heavy atom. The second kappa shape index (κ2) is 5.23. The minimum Gasteiger partial charge on any atom is -0.493 e. The number of rotatable bonds is 4. The standard InChI is InChI=1S/C14H16ClN3O/c1-16-6-13-8-18(9-17-13)7-11-5-12(15)4-10-2-3-19-14(10)11/h4-5,8-9,16H,2-3,6-7H2,1H3. The molecule has 3 rings (SSSR count). The van der Waals surface area contributed by atoms with Crippen LogP contribution >= 0.6 is 11.6 Å². The van der Waals surface area contributed by atoms with Crippen LogP contribution in [0.25, 0.3) is 0 Å². The number of halogens is 1. The van der Waals surface area contributed by atoms with E-state index in [1.807, 2.05) is 31.7 Å². The van der Waals surface area contributed by atoms with Crippen LogP contribution in [0.15, 0.2) is 24.7 Å². The van der Waals surface area contributed by atoms with Gasteiger partial charge in [0.15, 0.2) is 0 Å². The summed E-state index contributed by atoms with van der Waals surface area (Å²) in [5, 5.41) is 3.86. The predicted octanol–water partition coefficient (Wildman–Crippen LogP) is 2.24. The van der Waals surface area contributed by atoms with Crippen LogP contribution in [0.4, 0.5) is 0 Å². The monoisotopic (exact) mass is 277 g/mol. The molecule has 0 fully saturated rings. The van der Waals surface area contributed by atoms with Crippen molar-refractivity contribution in [2.75, 3.05) is 13.7 Å². The first-order valence-corrected chi connectivity index (χ1v) is 6.73. The Hall–Kier alpha value is -1.52. The number of fused-ring (bicyclic) bond motifs is 1. The van der Waals surface area contributed by atoms with Gasteiger partial charge in [-0.2, -0.15) is 0 Å². The van der Waals surface area contributed by atoms with Gasteiger partial charge in [0.25, 0.3) is 0 Å². The highest BCUT2D eigenvalue weighted by molar-refractivity contribution is 6.30. The summed E-state index contributed by atoms with van der Waals surface area (Å²) >= 11 is 6.16. The third-order valence-corrected chi connectivity index (χ3v) is 3.44. The van der Waals surface area contributed by atoms with Crippen LogP contribution in [0.5, 0.6) is 5.75 Å². The van der Waals surface area contributed by atoms with E-state index in [1.54, 1.807) is 0 Å². The summed E-state index contributed by atoms with van der Waals surface area (Å²) in [6.07, 6.45) is 4.82. The Kier molecular flexibility index (Phi) is 3.44. The first-order valence-electron chi connectivity index (χ1n) is 6.35. The molecular formula is C14H16ClN3O. The molecule has 1 aromatic heterocycles. The van der Waals surface area contributed by atoms with E-state index < -0.39 is 0 Å². The average molecular weight is 278 g/mol. The fourth-order valence-corrected chi connectivity index (χ4v) is 2.69. The number of hydrogen-bond donors (Lipinski definition) is 1. The van der Waals surface area contributed by atoms with Gasteiger partial charge < -0.3 is 14.6 Å². The minimum atomic E-state index is 0.736. The Labute approximate surface area is 117 Å². The summed E-state index contributed by atoms with van der Waals surface area (Å²) in [5.41, 5.74) is 3.36. The molecule has 1 aliphatic heterocycles. The lowest BCUT2D eigenvalue weighted by molar-refractivity contribution is 0.352. The fourth-order valence-electron chi connectivity index (χ4n) is 2.43. The van der Waals surface area contributed by atoms with E-state index >= 15 is 0 Å². The highest BCUT2D eigenvalue weighted by atomic mass is 35.5. The van der Waals surface area contributed by atoms with Crippen LogP contribution < -0.4 is 10.1 Å². The number of nitrogens with zero attached hydrogens (tertiary/aromatic N) is 2. The number of imidazole rings is 1. The first kappa shape index (κ1) is 12.5. The van der Waals surface area contributed by atoms with E-state index in [2.05, 4.69) is 14.9 Å². The second-order valence-electron chi connectivity index (χ2n) is 4.72. The molecule has 0 bridgehead atoms. The van der Waals surface area contributed by atoms with E-state index in [1.165, 1.54) is 5.56 Å². The van der Waals surface area contributed by atoms with Gasteiger partial charge in [0.2, 0.25) is 0 Å². The molecule has 2 heterocycles. The van der Waals surface area contributed by atoms with Gasteiger partial charge in [0.1, 0.15) is 5.75 Å². The number of hydrogen-bond acceptors (Lipinski definition) is 3. The van der Waals surface area contributed by atoms with Crippen molar-refractivity contribution in [3.8, 4) is 5.75 Å². The molecule has 0 saturated carbocycles. The zero-order valence-corrected chi connectivity index (χ0v) is 11.6. The van der Waals surface area contributed by atoms with Gasteiger partial charge >= 0.3 is 0 Å². The van der Waals surface area contributed by atoms with E-state index in [9.17, 15) is 0 Å². The Bertz CT molecular complexity index is 594. The van der Waals surface area contributed by atoms with E-state index in [-0.39, 0.29) is 0 Å². The highest BCUT2D eigenvalue weighted by Gasteiger charge is 2.17. The molecule has 2 aromatic rings. The van der Waals surface area contributed by atoms with Crippen molar-refractivity contribution in [3.05, 3.63) is 46.5 Å². The summed E-state index contributed by atoms with van der Waals surface area (Å²) in [6.45, 7) is 2.26. The lowest BCUT2D eigenvalue weighted by atomic mass is 10.1. The van der Waals surface area contributed by atoms with Gasteiger partial charge in [0.05, 0.1) is 25.2 Å². The number of nitrogens with one attached hydrogen (secondary N) is 1. The lowest BCUT2D eigenvalue weighted by Gasteiger charge is -2.09. The molecule has 0 amide bonds. The van der Waals surface area contributed by atoms with Crippen LogP contribution in [0.2, 0.25) is 5.02 Å². The normalized spacial score (nSPS) is 13.4. The molecule has 100 valence electrons. The van der Waals surface area contributed by atoms with E-state index in [0.717, 1.165) is 48.1 Å². The number of benzene rings is 1. The number of ether oxygens (including phenoxy) is 1. The second-order valence-corrected chi connectivity index (χ2v) is 5.16. The molecule has 0 atom stereocenters. The third-order valence-electron chi connectivity index (χ3n) is 3.22. The largest absolute Gasteiger partial charge is 0.493 e. The maximum absolute atomic E-state index is 6.16. The van der Waals surface area contributed by atoms with E-state index in [0.29, 0.717) is 0 Å². The van der Waals surface area contributed by atoms with Crippen LogP contribution in [-0.4, -0.2) is 23.2 Å². The topological polar surface area (TPSA) is 39.1 Å². The average Bonchev–Trinajstić information content (AvgIpc) is 2.98. The maximum atomic E-state index is 6.16. The minimum absolute atomic E-state index is 0.736. The van der Waals surface area contributed by atoms with Crippen molar-refractivity contribution in [2.24, 2.45) is 0 Å². The van der Waals surface area contributed by atoms with Crippen molar-refractivity contribution >= 4 is 11.6 Å². The fraction of sp³-hybridized carbons (Fsp3) is 0.357.